The Hall–Kier alpha value is -0.280. The second-order valence-corrected chi connectivity index (χ2v) is 6.37. The summed E-state index contributed by atoms with van der Waals surface area (Å²) in [6.07, 6.45) is 6.37. The number of halogens is 1. The van der Waals surface area contributed by atoms with Crippen LogP contribution in [0.5, 0.6) is 0 Å². The predicted octanol–water partition coefficient (Wildman–Crippen LogP) is 3.35. The van der Waals surface area contributed by atoms with Crippen molar-refractivity contribution >= 4 is 17.5 Å². The quantitative estimate of drug-likeness (QED) is 0.522. The molecule has 0 radical (unpaired) electrons. The van der Waals surface area contributed by atoms with Crippen molar-refractivity contribution in [2.75, 3.05) is 25.6 Å². The first-order valence-corrected chi connectivity index (χ1v) is 8.06. The largest absolute Gasteiger partial charge is 0.380 e. The Kier molecular flexibility index (Phi) is 7.77. The lowest BCUT2D eigenvalue weighted by Gasteiger charge is -2.29. The molecule has 0 saturated heterocycles. The van der Waals surface area contributed by atoms with Crippen molar-refractivity contribution in [3.8, 4) is 0 Å². The molecule has 0 bridgehead atoms. The van der Waals surface area contributed by atoms with E-state index in [1.807, 2.05) is 0 Å². The molecule has 1 N–H and O–H groups in total. The van der Waals surface area contributed by atoms with Gasteiger partial charge in [0.05, 0.1) is 6.61 Å². The van der Waals surface area contributed by atoms with Gasteiger partial charge in [0.25, 0.3) is 0 Å². The highest BCUT2D eigenvalue weighted by atomic mass is 35.5. The van der Waals surface area contributed by atoms with Crippen molar-refractivity contribution in [3.63, 3.8) is 0 Å². The van der Waals surface area contributed by atoms with Crippen molar-refractivity contribution in [1.82, 2.24) is 5.32 Å². The van der Waals surface area contributed by atoms with Crippen LogP contribution in [0.25, 0.3) is 0 Å². The predicted molar refractivity (Wildman–Crippen MR) is 79.5 cm³/mol. The third-order valence-corrected chi connectivity index (χ3v) is 3.97. The number of amides is 1. The molecule has 0 aromatic carbocycles. The van der Waals surface area contributed by atoms with E-state index in [0.29, 0.717) is 31.6 Å². The van der Waals surface area contributed by atoms with Crippen LogP contribution in [0.1, 0.15) is 52.4 Å². The fourth-order valence-electron chi connectivity index (χ4n) is 3.08. The van der Waals surface area contributed by atoms with Gasteiger partial charge in [-0.3, -0.25) is 4.79 Å². The highest BCUT2D eigenvalue weighted by molar-refractivity contribution is 6.17. The normalized spacial score (nSPS) is 17.9. The molecular formula is C15H28ClNO2. The zero-order valence-electron chi connectivity index (χ0n) is 12.3. The highest BCUT2D eigenvalue weighted by Gasteiger charge is 2.40. The van der Waals surface area contributed by atoms with Crippen molar-refractivity contribution in [3.05, 3.63) is 0 Å². The van der Waals surface area contributed by atoms with Gasteiger partial charge >= 0.3 is 0 Å². The maximum atomic E-state index is 12.4. The van der Waals surface area contributed by atoms with E-state index in [0.717, 1.165) is 25.7 Å². The second-order valence-electron chi connectivity index (χ2n) is 6.00. The Morgan fingerprint density at radius 1 is 1.32 bits per heavy atom. The van der Waals surface area contributed by atoms with E-state index >= 15 is 0 Å². The third kappa shape index (κ3) is 5.70. The van der Waals surface area contributed by atoms with Gasteiger partial charge < -0.3 is 10.1 Å². The highest BCUT2D eigenvalue weighted by Crippen LogP contribution is 2.43. The van der Waals surface area contributed by atoms with Crippen LogP contribution in [0.2, 0.25) is 0 Å². The molecule has 112 valence electrons. The van der Waals surface area contributed by atoms with Crippen molar-refractivity contribution in [2.24, 2.45) is 11.3 Å². The molecule has 1 aliphatic carbocycles. The van der Waals surface area contributed by atoms with Crippen LogP contribution >= 0.6 is 11.6 Å². The van der Waals surface area contributed by atoms with Crippen LogP contribution in [0, 0.1) is 11.3 Å². The average molecular weight is 290 g/mol. The molecule has 0 unspecified atom stereocenters. The number of hydrogen-bond acceptors (Lipinski definition) is 2. The van der Waals surface area contributed by atoms with E-state index in [1.165, 1.54) is 12.8 Å². The molecule has 1 rings (SSSR count). The van der Waals surface area contributed by atoms with Gasteiger partial charge in [0.2, 0.25) is 5.91 Å². The van der Waals surface area contributed by atoms with Gasteiger partial charge in [-0.15, -0.1) is 11.6 Å². The summed E-state index contributed by atoms with van der Waals surface area (Å²) in [6, 6.07) is 0. The number of carbonyl (C=O) groups is 1. The van der Waals surface area contributed by atoms with Gasteiger partial charge in [0.1, 0.15) is 0 Å². The molecule has 19 heavy (non-hydrogen) atoms. The molecule has 3 nitrogen and oxygen atoms in total. The molecule has 0 heterocycles. The Balaban J connectivity index is 2.29. The maximum Gasteiger partial charge on any atom is 0.226 e. The van der Waals surface area contributed by atoms with Gasteiger partial charge in [0.15, 0.2) is 0 Å². The summed E-state index contributed by atoms with van der Waals surface area (Å²) in [5.41, 5.74) is -0.0921. The lowest BCUT2D eigenvalue weighted by atomic mass is 9.77. The number of rotatable bonds is 9. The summed E-state index contributed by atoms with van der Waals surface area (Å²) in [4.78, 5) is 12.4. The fraction of sp³-hybridized carbons (Fsp3) is 0.933. The van der Waals surface area contributed by atoms with Crippen LogP contribution in [0.3, 0.4) is 0 Å². The molecule has 0 aliphatic heterocycles. The maximum absolute atomic E-state index is 12.4. The zero-order valence-corrected chi connectivity index (χ0v) is 13.1. The Morgan fingerprint density at radius 3 is 2.58 bits per heavy atom. The lowest BCUT2D eigenvalue weighted by molar-refractivity contribution is -0.131. The van der Waals surface area contributed by atoms with Crippen LogP contribution in [0.15, 0.2) is 0 Å². The Labute approximate surface area is 122 Å². The minimum Gasteiger partial charge on any atom is -0.380 e. The minimum absolute atomic E-state index is 0.0921. The fourth-order valence-corrected chi connectivity index (χ4v) is 3.19. The number of hydrogen-bond donors (Lipinski definition) is 1. The van der Waals surface area contributed by atoms with Gasteiger partial charge in [-0.1, -0.05) is 26.7 Å². The molecule has 1 saturated carbocycles. The van der Waals surface area contributed by atoms with Gasteiger partial charge in [-0.2, -0.15) is 0 Å². The zero-order chi connectivity index (χ0) is 14.1. The first-order valence-electron chi connectivity index (χ1n) is 7.53. The Bertz CT molecular complexity index is 263. The lowest BCUT2D eigenvalue weighted by Crippen LogP contribution is -2.40. The Morgan fingerprint density at radius 2 is 2.00 bits per heavy atom. The first kappa shape index (κ1) is 16.8. The average Bonchev–Trinajstić information content (AvgIpc) is 2.82. The van der Waals surface area contributed by atoms with Crippen molar-refractivity contribution in [1.29, 1.82) is 0 Å². The number of ether oxygens (including phenoxy) is 1. The van der Waals surface area contributed by atoms with E-state index in [4.69, 9.17) is 16.3 Å². The topological polar surface area (TPSA) is 38.3 Å². The smallest absolute Gasteiger partial charge is 0.226 e. The summed E-state index contributed by atoms with van der Waals surface area (Å²) in [7, 11) is 0. The van der Waals surface area contributed by atoms with Crippen molar-refractivity contribution in [2.45, 2.75) is 52.4 Å². The first-order chi connectivity index (χ1) is 9.10. The van der Waals surface area contributed by atoms with Gasteiger partial charge in [-0.05, 0) is 31.6 Å². The van der Waals surface area contributed by atoms with E-state index in [2.05, 4.69) is 19.2 Å². The molecule has 0 atom stereocenters. The molecule has 0 aromatic heterocycles. The number of carbonyl (C=O) groups excluding carboxylic acids is 1. The van der Waals surface area contributed by atoms with E-state index < -0.39 is 0 Å². The summed E-state index contributed by atoms with van der Waals surface area (Å²) in [5.74, 6) is 1.37. The van der Waals surface area contributed by atoms with Crippen LogP contribution in [-0.4, -0.2) is 31.5 Å². The monoisotopic (exact) mass is 289 g/mol. The number of nitrogens with one attached hydrogen (secondary N) is 1. The minimum atomic E-state index is -0.0921. The van der Waals surface area contributed by atoms with Gasteiger partial charge in [0, 0.05) is 24.4 Å². The molecule has 1 fully saturated rings. The summed E-state index contributed by atoms with van der Waals surface area (Å²) >= 11 is 5.52. The van der Waals surface area contributed by atoms with E-state index in [-0.39, 0.29) is 11.3 Å². The van der Waals surface area contributed by atoms with Crippen LogP contribution in [-0.2, 0) is 9.53 Å². The van der Waals surface area contributed by atoms with E-state index in [1.54, 1.807) is 0 Å². The van der Waals surface area contributed by atoms with Crippen LogP contribution in [0.4, 0.5) is 0 Å². The summed E-state index contributed by atoms with van der Waals surface area (Å²) in [6.45, 7) is 6.37. The molecule has 4 heteroatoms. The van der Waals surface area contributed by atoms with Gasteiger partial charge in [-0.25, -0.2) is 0 Å². The third-order valence-electron chi connectivity index (χ3n) is 3.81. The van der Waals surface area contributed by atoms with Crippen molar-refractivity contribution < 1.29 is 9.53 Å². The molecule has 1 aliphatic rings. The second kappa shape index (κ2) is 8.80. The van der Waals surface area contributed by atoms with Crippen LogP contribution < -0.4 is 5.32 Å². The standard InChI is InChI=1S/C15H28ClNO2/c1-13(2)12-15(6-3-4-7-15)14(18)17-9-5-10-19-11-8-16/h13H,3-12H2,1-2H3,(H,17,18). The molecule has 1 amide bonds. The summed E-state index contributed by atoms with van der Waals surface area (Å²) in [5, 5.41) is 3.10. The summed E-state index contributed by atoms with van der Waals surface area (Å²) < 4.78 is 5.30. The molecular weight excluding hydrogens is 262 g/mol. The molecule has 0 spiro atoms. The number of alkyl halides is 1. The molecule has 0 aromatic rings. The van der Waals surface area contributed by atoms with E-state index in [9.17, 15) is 4.79 Å². The SMILES string of the molecule is CC(C)CC1(C(=O)NCCCOCCCl)CCCC1.